The number of aromatic nitrogens is 2. The van der Waals surface area contributed by atoms with Gasteiger partial charge in [-0.15, -0.1) is 0 Å². The van der Waals surface area contributed by atoms with Gasteiger partial charge < -0.3 is 0 Å². The SMILES string of the molecule is CCc1c(Cl)[nH]c(=O)n(CCCC2CCCC2)c1=O. The van der Waals surface area contributed by atoms with E-state index in [2.05, 4.69) is 4.98 Å². The molecule has 4 nitrogen and oxygen atoms in total. The topological polar surface area (TPSA) is 54.9 Å². The van der Waals surface area contributed by atoms with Crippen molar-refractivity contribution in [3.8, 4) is 0 Å². The predicted octanol–water partition coefficient (Wildman–Crippen LogP) is 2.72. The van der Waals surface area contributed by atoms with Gasteiger partial charge in [0.05, 0.1) is 5.56 Å². The van der Waals surface area contributed by atoms with Crippen molar-refractivity contribution in [3.05, 3.63) is 31.6 Å². The van der Waals surface area contributed by atoms with Crippen LogP contribution in [-0.4, -0.2) is 9.55 Å². The quantitative estimate of drug-likeness (QED) is 0.845. The molecule has 0 unspecified atom stereocenters. The second kappa shape index (κ2) is 6.42. The Bertz CT molecular complexity index is 541. The van der Waals surface area contributed by atoms with Gasteiger partial charge in [0.1, 0.15) is 5.15 Å². The minimum Gasteiger partial charge on any atom is -0.297 e. The van der Waals surface area contributed by atoms with Crippen molar-refractivity contribution in [1.82, 2.24) is 9.55 Å². The van der Waals surface area contributed by atoms with Crippen molar-refractivity contribution >= 4 is 11.6 Å². The molecule has 1 heterocycles. The van der Waals surface area contributed by atoms with Crippen LogP contribution in [-0.2, 0) is 13.0 Å². The van der Waals surface area contributed by atoms with Crippen LogP contribution in [0.4, 0.5) is 0 Å². The lowest BCUT2D eigenvalue weighted by atomic mass is 10.0. The minimum absolute atomic E-state index is 0.185. The Morgan fingerprint density at radius 1 is 1.32 bits per heavy atom. The summed E-state index contributed by atoms with van der Waals surface area (Å²) in [5.74, 6) is 0.785. The second-order valence-electron chi connectivity index (χ2n) is 5.33. The third kappa shape index (κ3) is 3.30. The lowest BCUT2D eigenvalue weighted by molar-refractivity contribution is 0.449. The van der Waals surface area contributed by atoms with Crippen LogP contribution in [0, 0.1) is 5.92 Å². The van der Waals surface area contributed by atoms with E-state index < -0.39 is 5.69 Å². The minimum atomic E-state index is -0.390. The molecule has 1 fully saturated rings. The molecular formula is C14H21ClN2O2. The van der Waals surface area contributed by atoms with Gasteiger partial charge in [-0.05, 0) is 25.2 Å². The monoisotopic (exact) mass is 284 g/mol. The van der Waals surface area contributed by atoms with Crippen molar-refractivity contribution < 1.29 is 0 Å². The highest BCUT2D eigenvalue weighted by atomic mass is 35.5. The molecule has 1 saturated carbocycles. The van der Waals surface area contributed by atoms with Gasteiger partial charge in [-0.2, -0.15) is 0 Å². The maximum absolute atomic E-state index is 12.1. The summed E-state index contributed by atoms with van der Waals surface area (Å²) >= 11 is 5.88. The number of rotatable bonds is 5. The number of aromatic amines is 1. The fourth-order valence-corrected chi connectivity index (χ4v) is 3.23. The molecular weight excluding hydrogens is 264 g/mol. The zero-order valence-electron chi connectivity index (χ0n) is 11.4. The molecule has 1 aliphatic rings. The number of hydrogen-bond donors (Lipinski definition) is 1. The summed E-state index contributed by atoms with van der Waals surface area (Å²) in [6.45, 7) is 2.36. The molecule has 0 bridgehead atoms. The van der Waals surface area contributed by atoms with Crippen LogP contribution in [0.5, 0.6) is 0 Å². The predicted molar refractivity (Wildman–Crippen MR) is 76.9 cm³/mol. The van der Waals surface area contributed by atoms with Gasteiger partial charge in [0, 0.05) is 6.54 Å². The molecule has 1 aliphatic carbocycles. The first-order valence-corrected chi connectivity index (χ1v) is 7.52. The van der Waals surface area contributed by atoms with Crippen LogP contribution in [0.25, 0.3) is 0 Å². The average molecular weight is 285 g/mol. The number of H-pyrrole nitrogens is 1. The lowest BCUT2D eigenvalue weighted by Crippen LogP contribution is -2.37. The molecule has 2 rings (SSSR count). The van der Waals surface area contributed by atoms with Crippen molar-refractivity contribution in [2.24, 2.45) is 5.92 Å². The fourth-order valence-electron chi connectivity index (χ4n) is 2.93. The molecule has 1 aromatic rings. The Morgan fingerprint density at radius 2 is 2.00 bits per heavy atom. The van der Waals surface area contributed by atoms with E-state index in [-0.39, 0.29) is 10.7 Å². The van der Waals surface area contributed by atoms with Crippen LogP contribution < -0.4 is 11.2 Å². The number of hydrogen-bond acceptors (Lipinski definition) is 2. The Labute approximate surface area is 117 Å². The highest BCUT2D eigenvalue weighted by Crippen LogP contribution is 2.28. The van der Waals surface area contributed by atoms with Crippen LogP contribution in [0.3, 0.4) is 0 Å². The summed E-state index contributed by atoms with van der Waals surface area (Å²) in [6.07, 6.45) is 7.78. The number of halogens is 1. The Hall–Kier alpha value is -1.03. The third-order valence-electron chi connectivity index (χ3n) is 4.05. The van der Waals surface area contributed by atoms with Gasteiger partial charge in [0.2, 0.25) is 0 Å². The van der Waals surface area contributed by atoms with Gasteiger partial charge in [-0.3, -0.25) is 14.3 Å². The van der Waals surface area contributed by atoms with Gasteiger partial charge >= 0.3 is 5.69 Å². The normalized spacial score (nSPS) is 16.1. The number of nitrogens with zero attached hydrogens (tertiary/aromatic N) is 1. The molecule has 0 saturated heterocycles. The first-order valence-electron chi connectivity index (χ1n) is 7.15. The Balaban J connectivity index is 2.07. The molecule has 19 heavy (non-hydrogen) atoms. The molecule has 0 radical (unpaired) electrons. The molecule has 106 valence electrons. The summed E-state index contributed by atoms with van der Waals surface area (Å²) in [5.41, 5.74) is -0.122. The van der Waals surface area contributed by atoms with Crippen LogP contribution >= 0.6 is 11.6 Å². The van der Waals surface area contributed by atoms with Crippen LogP contribution in [0.1, 0.15) is 51.0 Å². The summed E-state index contributed by atoms with van der Waals surface area (Å²) in [7, 11) is 0. The van der Waals surface area contributed by atoms with E-state index in [1.165, 1.54) is 30.3 Å². The van der Waals surface area contributed by atoms with E-state index in [4.69, 9.17) is 11.6 Å². The van der Waals surface area contributed by atoms with Crippen molar-refractivity contribution in [1.29, 1.82) is 0 Å². The van der Waals surface area contributed by atoms with Gasteiger partial charge in [0.15, 0.2) is 0 Å². The first-order chi connectivity index (χ1) is 9.13. The lowest BCUT2D eigenvalue weighted by Gasteiger charge is -2.10. The van der Waals surface area contributed by atoms with E-state index in [9.17, 15) is 9.59 Å². The highest BCUT2D eigenvalue weighted by Gasteiger charge is 2.15. The molecule has 1 aromatic heterocycles. The number of nitrogens with one attached hydrogen (secondary N) is 1. The summed E-state index contributed by atoms with van der Waals surface area (Å²) in [4.78, 5) is 26.5. The summed E-state index contributed by atoms with van der Waals surface area (Å²) in [6, 6.07) is 0. The largest absolute Gasteiger partial charge is 0.329 e. The smallest absolute Gasteiger partial charge is 0.297 e. The summed E-state index contributed by atoms with van der Waals surface area (Å²) in [5, 5.41) is 0.185. The van der Waals surface area contributed by atoms with Gasteiger partial charge in [-0.1, -0.05) is 44.2 Å². The van der Waals surface area contributed by atoms with Crippen molar-refractivity contribution in [2.75, 3.05) is 0 Å². The summed E-state index contributed by atoms with van der Waals surface area (Å²) < 4.78 is 1.29. The second-order valence-corrected chi connectivity index (χ2v) is 5.70. The fraction of sp³-hybridized carbons (Fsp3) is 0.714. The van der Waals surface area contributed by atoms with Gasteiger partial charge in [0.25, 0.3) is 5.56 Å². The van der Waals surface area contributed by atoms with E-state index >= 15 is 0 Å². The standard InChI is InChI=1S/C14H21ClN2O2/c1-2-11-12(15)16-14(19)17(13(11)18)9-5-8-10-6-3-4-7-10/h10H,2-9H2,1H3,(H,16,19). The Morgan fingerprint density at radius 3 is 2.63 bits per heavy atom. The zero-order valence-corrected chi connectivity index (χ0v) is 12.1. The first kappa shape index (κ1) is 14.4. The molecule has 0 aliphatic heterocycles. The maximum atomic E-state index is 12.1. The van der Waals surface area contributed by atoms with E-state index in [1.807, 2.05) is 6.92 Å². The Kier molecular flexibility index (Phi) is 4.86. The highest BCUT2D eigenvalue weighted by molar-refractivity contribution is 6.30. The van der Waals surface area contributed by atoms with Crippen LogP contribution in [0.15, 0.2) is 9.59 Å². The molecule has 0 aromatic carbocycles. The molecule has 0 amide bonds. The van der Waals surface area contributed by atoms with Crippen molar-refractivity contribution in [3.63, 3.8) is 0 Å². The van der Waals surface area contributed by atoms with Crippen molar-refractivity contribution in [2.45, 2.75) is 58.4 Å². The van der Waals surface area contributed by atoms with Gasteiger partial charge in [-0.25, -0.2) is 4.79 Å². The van der Waals surface area contributed by atoms with Crippen LogP contribution in [0.2, 0.25) is 5.15 Å². The molecule has 1 N–H and O–H groups in total. The molecule has 0 atom stereocenters. The third-order valence-corrected chi connectivity index (χ3v) is 4.38. The zero-order chi connectivity index (χ0) is 13.8. The molecule has 0 spiro atoms. The van der Waals surface area contributed by atoms with E-state index in [0.29, 0.717) is 18.5 Å². The molecule has 5 heteroatoms. The average Bonchev–Trinajstić information content (AvgIpc) is 2.86. The van der Waals surface area contributed by atoms with E-state index in [0.717, 1.165) is 18.8 Å². The maximum Gasteiger partial charge on any atom is 0.329 e. The van der Waals surface area contributed by atoms with E-state index in [1.54, 1.807) is 0 Å².